The van der Waals surface area contributed by atoms with Crippen LogP contribution in [0.3, 0.4) is 0 Å². The summed E-state index contributed by atoms with van der Waals surface area (Å²) in [6, 6.07) is 3.40. The summed E-state index contributed by atoms with van der Waals surface area (Å²) >= 11 is 0. The Morgan fingerprint density at radius 2 is 1.21 bits per heavy atom. The van der Waals surface area contributed by atoms with Gasteiger partial charge in [-0.1, -0.05) is 103 Å². The monoisotopic (exact) mass is 476 g/mol. The molecule has 0 bridgehead atoms. The molecule has 0 aliphatic rings. The zero-order chi connectivity index (χ0) is 24.9. The minimum absolute atomic E-state index is 0.0305. The number of esters is 1. The maximum atomic E-state index is 11.9. The highest BCUT2D eigenvalue weighted by Crippen LogP contribution is 2.37. The number of hydrogen-bond acceptors (Lipinski definition) is 5. The number of ether oxygens (including phenoxy) is 3. The van der Waals surface area contributed by atoms with Crippen LogP contribution in [-0.2, 0) is 9.53 Å². The Bertz CT molecular complexity index is 658. The van der Waals surface area contributed by atoms with E-state index in [4.69, 9.17) is 14.2 Å². The first-order valence-corrected chi connectivity index (χ1v) is 13.4. The van der Waals surface area contributed by atoms with Crippen molar-refractivity contribution in [3.8, 4) is 17.2 Å². The maximum Gasteiger partial charge on any atom is 0.306 e. The number of rotatable bonds is 21. The molecule has 0 heterocycles. The molecule has 0 spiro atoms. The number of benzene rings is 1. The number of phenolic OH excluding ortho intramolecular Hbond substituents is 1. The van der Waals surface area contributed by atoms with Gasteiger partial charge in [0.15, 0.2) is 11.5 Å². The summed E-state index contributed by atoms with van der Waals surface area (Å²) in [7, 11) is 2.98. The van der Waals surface area contributed by atoms with Crippen LogP contribution < -0.4 is 9.47 Å². The van der Waals surface area contributed by atoms with E-state index in [0.29, 0.717) is 17.9 Å². The molecule has 194 valence electrons. The molecular weight excluding hydrogens is 428 g/mol. The highest BCUT2D eigenvalue weighted by Gasteiger charge is 2.09. The molecule has 1 aromatic carbocycles. The van der Waals surface area contributed by atoms with Gasteiger partial charge in [0.25, 0.3) is 0 Å². The lowest BCUT2D eigenvalue weighted by Crippen LogP contribution is -2.04. The molecule has 0 unspecified atom stereocenters. The van der Waals surface area contributed by atoms with Crippen LogP contribution in [0.2, 0.25) is 0 Å². The summed E-state index contributed by atoms with van der Waals surface area (Å²) in [6.07, 6.45) is 23.8. The normalized spacial score (nSPS) is 11.1. The number of carbonyl (C=O) groups excluding carboxylic acids is 1. The zero-order valence-corrected chi connectivity index (χ0v) is 21.9. The third kappa shape index (κ3) is 14.2. The van der Waals surface area contributed by atoms with Crippen LogP contribution in [-0.4, -0.2) is 31.9 Å². The fourth-order valence-corrected chi connectivity index (χ4v) is 4.05. The van der Waals surface area contributed by atoms with Gasteiger partial charge >= 0.3 is 5.97 Å². The Kier molecular flexibility index (Phi) is 17.8. The summed E-state index contributed by atoms with van der Waals surface area (Å²) in [6.45, 7) is 2.50. The Morgan fingerprint density at radius 3 is 1.65 bits per heavy atom. The highest BCUT2D eigenvalue weighted by atomic mass is 16.5. The Balaban J connectivity index is 1.99. The van der Waals surface area contributed by atoms with Crippen LogP contribution in [0.1, 0.15) is 115 Å². The van der Waals surface area contributed by atoms with Crippen LogP contribution in [0.25, 0.3) is 6.08 Å². The second-order valence-corrected chi connectivity index (χ2v) is 9.06. The second-order valence-electron chi connectivity index (χ2n) is 9.06. The van der Waals surface area contributed by atoms with Gasteiger partial charge in [-0.05, 0) is 30.2 Å². The van der Waals surface area contributed by atoms with Gasteiger partial charge in [0.1, 0.15) is 6.61 Å². The summed E-state index contributed by atoms with van der Waals surface area (Å²) in [5.74, 6) is 0.491. The molecule has 0 saturated carbocycles. The first kappa shape index (κ1) is 29.9. The third-order valence-electron chi connectivity index (χ3n) is 6.14. The van der Waals surface area contributed by atoms with Crippen LogP contribution in [0, 0.1) is 0 Å². The predicted octanol–water partition coefficient (Wildman–Crippen LogP) is 8.23. The molecular formula is C29H48O5. The molecule has 1 N–H and O–H groups in total. The fourth-order valence-electron chi connectivity index (χ4n) is 4.05. The molecule has 0 fully saturated rings. The van der Waals surface area contributed by atoms with Crippen molar-refractivity contribution < 1.29 is 24.1 Å². The number of methoxy groups -OCH3 is 2. The quantitative estimate of drug-likeness (QED) is 0.143. The van der Waals surface area contributed by atoms with Crippen molar-refractivity contribution in [1.82, 2.24) is 0 Å². The second kappa shape index (κ2) is 20.2. The van der Waals surface area contributed by atoms with E-state index >= 15 is 0 Å². The van der Waals surface area contributed by atoms with E-state index in [2.05, 4.69) is 6.92 Å². The molecule has 1 aromatic rings. The van der Waals surface area contributed by atoms with Gasteiger partial charge in [-0.2, -0.15) is 0 Å². The minimum atomic E-state index is -0.153. The number of phenols is 1. The lowest BCUT2D eigenvalue weighted by Gasteiger charge is -2.09. The highest BCUT2D eigenvalue weighted by molar-refractivity contribution is 5.69. The molecule has 0 amide bonds. The average Bonchev–Trinajstić information content (AvgIpc) is 2.84. The summed E-state index contributed by atoms with van der Waals surface area (Å²) < 4.78 is 15.6. The third-order valence-corrected chi connectivity index (χ3v) is 6.14. The van der Waals surface area contributed by atoms with Gasteiger partial charge in [-0.15, -0.1) is 0 Å². The van der Waals surface area contributed by atoms with Crippen molar-refractivity contribution in [1.29, 1.82) is 0 Å². The van der Waals surface area contributed by atoms with Gasteiger partial charge < -0.3 is 19.3 Å². The van der Waals surface area contributed by atoms with E-state index in [-0.39, 0.29) is 18.3 Å². The Morgan fingerprint density at radius 1 is 0.765 bits per heavy atom. The molecule has 5 nitrogen and oxygen atoms in total. The summed E-state index contributed by atoms with van der Waals surface area (Å²) in [4.78, 5) is 11.9. The Labute approximate surface area is 207 Å². The van der Waals surface area contributed by atoms with Crippen LogP contribution in [0.5, 0.6) is 17.2 Å². The lowest BCUT2D eigenvalue weighted by molar-refractivity contribution is -0.142. The molecule has 0 radical (unpaired) electrons. The largest absolute Gasteiger partial charge is 0.502 e. The molecule has 0 aliphatic carbocycles. The van der Waals surface area contributed by atoms with Crippen molar-refractivity contribution in [3.05, 3.63) is 23.8 Å². The van der Waals surface area contributed by atoms with Gasteiger partial charge in [-0.25, -0.2) is 0 Å². The topological polar surface area (TPSA) is 65.0 Å². The van der Waals surface area contributed by atoms with Crippen molar-refractivity contribution in [2.45, 2.75) is 110 Å². The average molecular weight is 477 g/mol. The molecule has 0 saturated heterocycles. The number of carbonyl (C=O) groups is 1. The molecule has 34 heavy (non-hydrogen) atoms. The standard InChI is InChI=1S/C29H48O5/c1-4-5-6-7-8-9-10-11-12-13-14-15-16-17-18-21-28(30)34-22-19-20-25-23-26(32-2)29(31)27(24-25)33-3/h19-20,23-24,31H,4-18,21-22H2,1-3H3/b20-19+. The van der Waals surface area contributed by atoms with E-state index in [1.807, 2.05) is 6.08 Å². The summed E-state index contributed by atoms with van der Waals surface area (Å²) in [5, 5.41) is 9.95. The number of hydrogen-bond donors (Lipinski definition) is 1. The van der Waals surface area contributed by atoms with Crippen LogP contribution in [0.4, 0.5) is 0 Å². The fraction of sp³-hybridized carbons (Fsp3) is 0.690. The van der Waals surface area contributed by atoms with Gasteiger partial charge in [0.05, 0.1) is 14.2 Å². The van der Waals surface area contributed by atoms with Gasteiger partial charge in [0.2, 0.25) is 5.75 Å². The SMILES string of the molecule is CCCCCCCCCCCCCCCCCC(=O)OC/C=C/c1cc(OC)c(O)c(OC)c1. The lowest BCUT2D eigenvalue weighted by atomic mass is 10.0. The maximum absolute atomic E-state index is 11.9. The summed E-state index contributed by atoms with van der Waals surface area (Å²) in [5.41, 5.74) is 0.796. The number of unbranched alkanes of at least 4 members (excludes halogenated alkanes) is 14. The Hall–Kier alpha value is -2.17. The molecule has 5 heteroatoms. The van der Waals surface area contributed by atoms with E-state index in [9.17, 15) is 9.90 Å². The van der Waals surface area contributed by atoms with Crippen molar-refractivity contribution >= 4 is 12.0 Å². The van der Waals surface area contributed by atoms with E-state index in [1.54, 1.807) is 18.2 Å². The zero-order valence-electron chi connectivity index (χ0n) is 21.9. The van der Waals surface area contributed by atoms with Crippen molar-refractivity contribution in [2.75, 3.05) is 20.8 Å². The van der Waals surface area contributed by atoms with E-state index in [0.717, 1.165) is 18.4 Å². The molecule has 1 rings (SSSR count). The van der Waals surface area contributed by atoms with E-state index in [1.165, 1.54) is 97.7 Å². The predicted molar refractivity (Wildman–Crippen MR) is 141 cm³/mol. The smallest absolute Gasteiger partial charge is 0.306 e. The first-order chi connectivity index (χ1) is 16.6. The van der Waals surface area contributed by atoms with Gasteiger partial charge in [0, 0.05) is 6.42 Å². The molecule has 0 aromatic heterocycles. The number of aromatic hydroxyl groups is 1. The van der Waals surface area contributed by atoms with Crippen LogP contribution in [0.15, 0.2) is 18.2 Å². The van der Waals surface area contributed by atoms with Crippen molar-refractivity contribution in [3.63, 3.8) is 0 Å². The molecule has 0 aliphatic heterocycles. The van der Waals surface area contributed by atoms with Crippen LogP contribution >= 0.6 is 0 Å². The van der Waals surface area contributed by atoms with Crippen molar-refractivity contribution in [2.24, 2.45) is 0 Å². The van der Waals surface area contributed by atoms with E-state index < -0.39 is 0 Å². The van der Waals surface area contributed by atoms with Gasteiger partial charge in [-0.3, -0.25) is 4.79 Å². The first-order valence-electron chi connectivity index (χ1n) is 13.4. The minimum Gasteiger partial charge on any atom is -0.502 e. The molecule has 0 atom stereocenters.